The molecule has 0 bridgehead atoms. The lowest BCUT2D eigenvalue weighted by atomic mass is 10.2. The van der Waals surface area contributed by atoms with Crippen molar-refractivity contribution in [3.63, 3.8) is 0 Å². The summed E-state index contributed by atoms with van der Waals surface area (Å²) in [5.74, 6) is 0.416. The molecule has 3 unspecified atom stereocenters. The Hall–Kier alpha value is -0.220. The minimum atomic E-state index is -0.917. The van der Waals surface area contributed by atoms with Crippen molar-refractivity contribution in [3.8, 4) is 0 Å². The molecule has 0 saturated carbocycles. The average Bonchev–Trinajstić information content (AvgIpc) is 2.30. The SMILES string of the molecule is CC(=O)N1CCC(C)C1[S+](C)[O-]. The van der Waals surface area contributed by atoms with Gasteiger partial charge in [0.2, 0.25) is 5.91 Å². The van der Waals surface area contributed by atoms with E-state index in [1.165, 1.54) is 6.92 Å². The first-order chi connectivity index (χ1) is 5.54. The molecule has 3 atom stereocenters. The molecule has 12 heavy (non-hydrogen) atoms. The Labute approximate surface area is 76.3 Å². The quantitative estimate of drug-likeness (QED) is 0.566. The van der Waals surface area contributed by atoms with E-state index in [2.05, 4.69) is 6.92 Å². The van der Waals surface area contributed by atoms with Crippen LogP contribution in [0.2, 0.25) is 0 Å². The fraction of sp³-hybridized carbons (Fsp3) is 0.875. The van der Waals surface area contributed by atoms with E-state index in [1.807, 2.05) is 0 Å². The van der Waals surface area contributed by atoms with Crippen LogP contribution in [0, 0.1) is 5.92 Å². The zero-order valence-corrected chi connectivity index (χ0v) is 8.56. The molecule has 70 valence electrons. The first-order valence-corrected chi connectivity index (χ1v) is 5.75. The summed E-state index contributed by atoms with van der Waals surface area (Å²) in [6, 6.07) is 0. The molecule has 1 amide bonds. The van der Waals surface area contributed by atoms with Gasteiger partial charge in [0.1, 0.15) is 0 Å². The lowest BCUT2D eigenvalue weighted by Crippen LogP contribution is -2.41. The lowest BCUT2D eigenvalue weighted by molar-refractivity contribution is -0.128. The predicted molar refractivity (Wildman–Crippen MR) is 49.0 cm³/mol. The fourth-order valence-electron chi connectivity index (χ4n) is 1.76. The molecule has 4 heteroatoms. The molecule has 0 aromatic heterocycles. The third kappa shape index (κ3) is 1.75. The number of likely N-dealkylation sites (tertiary alicyclic amines) is 1. The first kappa shape index (κ1) is 9.86. The Morgan fingerprint density at radius 1 is 1.67 bits per heavy atom. The first-order valence-electron chi connectivity index (χ1n) is 4.13. The van der Waals surface area contributed by atoms with Crippen molar-refractivity contribution in [1.82, 2.24) is 4.90 Å². The zero-order chi connectivity index (χ0) is 9.30. The van der Waals surface area contributed by atoms with Crippen LogP contribution in [-0.4, -0.2) is 33.5 Å². The van der Waals surface area contributed by atoms with Gasteiger partial charge in [-0.05, 0) is 17.6 Å². The number of nitrogens with zero attached hydrogens (tertiary/aromatic N) is 1. The van der Waals surface area contributed by atoms with Crippen LogP contribution in [0.15, 0.2) is 0 Å². The standard InChI is InChI=1S/C8H15NO2S/c1-6-4-5-9(7(2)10)8(6)12(3)11/h6,8H,4-5H2,1-3H3. The van der Waals surface area contributed by atoms with E-state index in [-0.39, 0.29) is 11.3 Å². The highest BCUT2D eigenvalue weighted by atomic mass is 32.2. The van der Waals surface area contributed by atoms with E-state index >= 15 is 0 Å². The van der Waals surface area contributed by atoms with Crippen LogP contribution in [0.3, 0.4) is 0 Å². The third-order valence-electron chi connectivity index (χ3n) is 2.36. The third-order valence-corrected chi connectivity index (χ3v) is 3.76. The molecule has 1 heterocycles. The van der Waals surface area contributed by atoms with Crippen molar-refractivity contribution in [1.29, 1.82) is 0 Å². The number of rotatable bonds is 1. The molecular formula is C8H15NO2S. The van der Waals surface area contributed by atoms with E-state index < -0.39 is 11.2 Å². The smallest absolute Gasteiger partial charge is 0.223 e. The summed E-state index contributed by atoms with van der Waals surface area (Å²) in [4.78, 5) is 12.8. The maximum absolute atomic E-state index is 11.3. The summed E-state index contributed by atoms with van der Waals surface area (Å²) >= 11 is -0.917. The second-order valence-corrected chi connectivity index (χ2v) is 4.85. The van der Waals surface area contributed by atoms with Crippen molar-refractivity contribution < 1.29 is 9.35 Å². The minimum Gasteiger partial charge on any atom is -0.615 e. The Balaban J connectivity index is 2.70. The molecule has 1 fully saturated rings. The van der Waals surface area contributed by atoms with E-state index in [9.17, 15) is 9.35 Å². The minimum absolute atomic E-state index is 0.0413. The van der Waals surface area contributed by atoms with Gasteiger partial charge in [-0.2, -0.15) is 0 Å². The van der Waals surface area contributed by atoms with Gasteiger partial charge in [-0.15, -0.1) is 0 Å². The summed E-state index contributed by atoms with van der Waals surface area (Å²) in [5.41, 5.74) is 0. The van der Waals surface area contributed by atoms with Crippen LogP contribution in [0.25, 0.3) is 0 Å². The largest absolute Gasteiger partial charge is 0.615 e. The maximum Gasteiger partial charge on any atom is 0.223 e. The predicted octanol–water partition coefficient (Wildman–Crippen LogP) is 0.579. The van der Waals surface area contributed by atoms with Gasteiger partial charge in [0, 0.05) is 19.4 Å². The normalized spacial score (nSPS) is 32.2. The molecule has 1 saturated heterocycles. The van der Waals surface area contributed by atoms with E-state index in [0.29, 0.717) is 5.92 Å². The molecule has 0 aliphatic carbocycles. The van der Waals surface area contributed by atoms with Crippen LogP contribution in [0.5, 0.6) is 0 Å². The number of carbonyl (C=O) groups is 1. The van der Waals surface area contributed by atoms with Gasteiger partial charge in [0.25, 0.3) is 0 Å². The molecule has 1 aliphatic rings. The maximum atomic E-state index is 11.3. The van der Waals surface area contributed by atoms with Gasteiger partial charge in [-0.25, -0.2) is 0 Å². The summed E-state index contributed by atoms with van der Waals surface area (Å²) in [6.07, 6.45) is 2.65. The van der Waals surface area contributed by atoms with Gasteiger partial charge >= 0.3 is 0 Å². The van der Waals surface area contributed by atoms with Crippen molar-refractivity contribution in [2.45, 2.75) is 25.6 Å². The van der Waals surface area contributed by atoms with Crippen LogP contribution in [0.4, 0.5) is 0 Å². The highest BCUT2D eigenvalue weighted by Gasteiger charge is 2.39. The number of hydrogen-bond acceptors (Lipinski definition) is 2. The number of hydrogen-bond donors (Lipinski definition) is 0. The van der Waals surface area contributed by atoms with Crippen molar-refractivity contribution >= 4 is 17.1 Å². The van der Waals surface area contributed by atoms with Crippen LogP contribution in [0.1, 0.15) is 20.3 Å². The number of amides is 1. The molecule has 0 spiro atoms. The second-order valence-electron chi connectivity index (χ2n) is 3.37. The number of carbonyl (C=O) groups excluding carboxylic acids is 1. The van der Waals surface area contributed by atoms with Crippen LogP contribution in [-0.2, 0) is 16.0 Å². The topological polar surface area (TPSA) is 43.4 Å². The van der Waals surface area contributed by atoms with Crippen molar-refractivity contribution in [2.24, 2.45) is 5.92 Å². The average molecular weight is 189 g/mol. The molecule has 0 aromatic carbocycles. The molecule has 0 radical (unpaired) electrons. The zero-order valence-electron chi connectivity index (χ0n) is 7.74. The van der Waals surface area contributed by atoms with Crippen molar-refractivity contribution in [3.05, 3.63) is 0 Å². The highest BCUT2D eigenvalue weighted by molar-refractivity contribution is 7.91. The Bertz CT molecular complexity index is 184. The van der Waals surface area contributed by atoms with Gasteiger partial charge < -0.3 is 4.55 Å². The summed E-state index contributed by atoms with van der Waals surface area (Å²) < 4.78 is 11.3. The Morgan fingerprint density at radius 3 is 2.58 bits per heavy atom. The Kier molecular flexibility index (Phi) is 3.01. The van der Waals surface area contributed by atoms with Gasteiger partial charge in [-0.3, -0.25) is 9.69 Å². The summed E-state index contributed by atoms with van der Waals surface area (Å²) in [5, 5.41) is -0.0532. The second kappa shape index (κ2) is 3.66. The molecule has 1 rings (SSSR count). The van der Waals surface area contributed by atoms with E-state index in [1.54, 1.807) is 11.2 Å². The molecule has 1 aliphatic heterocycles. The Morgan fingerprint density at radius 2 is 2.25 bits per heavy atom. The molecule has 3 nitrogen and oxygen atoms in total. The van der Waals surface area contributed by atoms with E-state index in [4.69, 9.17) is 0 Å². The van der Waals surface area contributed by atoms with Crippen LogP contribution < -0.4 is 0 Å². The summed E-state index contributed by atoms with van der Waals surface area (Å²) in [7, 11) is 0. The van der Waals surface area contributed by atoms with Crippen molar-refractivity contribution in [2.75, 3.05) is 12.8 Å². The molecule has 0 aromatic rings. The highest BCUT2D eigenvalue weighted by Crippen LogP contribution is 2.27. The van der Waals surface area contributed by atoms with Gasteiger partial charge in [0.15, 0.2) is 5.37 Å². The van der Waals surface area contributed by atoms with Gasteiger partial charge in [-0.1, -0.05) is 6.92 Å². The molecular weight excluding hydrogens is 174 g/mol. The lowest BCUT2D eigenvalue weighted by Gasteiger charge is -2.25. The van der Waals surface area contributed by atoms with Gasteiger partial charge in [0.05, 0.1) is 6.26 Å². The monoisotopic (exact) mass is 189 g/mol. The molecule has 0 N–H and O–H groups in total. The fourth-order valence-corrected chi connectivity index (χ4v) is 3.17. The van der Waals surface area contributed by atoms with E-state index in [0.717, 1.165) is 13.0 Å². The van der Waals surface area contributed by atoms with Crippen LogP contribution >= 0.6 is 0 Å². The summed E-state index contributed by atoms with van der Waals surface area (Å²) in [6.45, 7) is 4.35.